The van der Waals surface area contributed by atoms with Gasteiger partial charge in [-0.05, 0) is 61.2 Å². The molecule has 25 heavy (non-hydrogen) atoms. The summed E-state index contributed by atoms with van der Waals surface area (Å²) in [4.78, 5) is 14.4. The molecule has 4 nitrogen and oxygen atoms in total. The second-order valence-electron chi connectivity index (χ2n) is 6.30. The molecule has 0 bridgehead atoms. The molecular weight excluding hydrogens is 314 g/mol. The highest BCUT2D eigenvalue weighted by atomic mass is 16.5. The van der Waals surface area contributed by atoms with E-state index in [9.17, 15) is 4.79 Å². The predicted molar refractivity (Wildman–Crippen MR) is 100 cm³/mol. The molecule has 0 saturated heterocycles. The Balaban J connectivity index is 2.02. The van der Waals surface area contributed by atoms with Crippen LogP contribution in [0.4, 0.5) is 0 Å². The van der Waals surface area contributed by atoms with Crippen molar-refractivity contribution in [1.29, 1.82) is 0 Å². The summed E-state index contributed by atoms with van der Waals surface area (Å²) in [5.41, 5.74) is 3.42. The van der Waals surface area contributed by atoms with Gasteiger partial charge in [0, 0.05) is 13.6 Å². The van der Waals surface area contributed by atoms with Crippen LogP contribution in [0.2, 0.25) is 0 Å². The van der Waals surface area contributed by atoms with Gasteiger partial charge in [0.25, 0.3) is 5.91 Å². The van der Waals surface area contributed by atoms with Crippen LogP contribution in [0.25, 0.3) is 0 Å². The summed E-state index contributed by atoms with van der Waals surface area (Å²) < 4.78 is 11.1. The number of likely N-dealkylation sites (N-methyl/N-ethyl adjacent to an activating group) is 1. The Bertz CT molecular complexity index is 710. The van der Waals surface area contributed by atoms with Crippen molar-refractivity contribution in [1.82, 2.24) is 4.90 Å². The summed E-state index contributed by atoms with van der Waals surface area (Å²) in [6, 6.07) is 13.6. The minimum Gasteiger partial charge on any atom is -0.497 e. The Morgan fingerprint density at radius 1 is 1.04 bits per heavy atom. The van der Waals surface area contributed by atoms with Crippen LogP contribution in [0.15, 0.2) is 42.5 Å². The molecule has 1 unspecified atom stereocenters. The summed E-state index contributed by atoms with van der Waals surface area (Å²) in [5, 5.41) is 0. The smallest absolute Gasteiger partial charge is 0.263 e. The summed E-state index contributed by atoms with van der Waals surface area (Å²) in [6.45, 7) is 6.60. The van der Waals surface area contributed by atoms with E-state index in [0.29, 0.717) is 13.0 Å². The Morgan fingerprint density at radius 2 is 1.68 bits per heavy atom. The molecule has 0 N–H and O–H groups in total. The summed E-state index contributed by atoms with van der Waals surface area (Å²) in [5.74, 6) is 1.53. The molecule has 2 aromatic rings. The molecular formula is C21H27NO3. The van der Waals surface area contributed by atoms with Gasteiger partial charge in [0.1, 0.15) is 11.5 Å². The van der Waals surface area contributed by atoms with Crippen molar-refractivity contribution in [2.75, 3.05) is 14.2 Å². The average Bonchev–Trinajstić information content (AvgIpc) is 2.62. The van der Waals surface area contributed by atoms with Crippen LogP contribution in [0, 0.1) is 13.8 Å². The standard InChI is InChI=1S/C21H27NO3/c1-6-20(25-19-10-7-15(2)16(3)13-19)21(23)22(4)14-17-8-11-18(24-5)12-9-17/h7-13,20H,6,14H2,1-5H3. The van der Waals surface area contributed by atoms with Crippen LogP contribution in [-0.4, -0.2) is 31.1 Å². The molecule has 0 radical (unpaired) electrons. The van der Waals surface area contributed by atoms with Crippen LogP contribution in [0.5, 0.6) is 11.5 Å². The second-order valence-corrected chi connectivity index (χ2v) is 6.30. The van der Waals surface area contributed by atoms with Gasteiger partial charge < -0.3 is 14.4 Å². The zero-order valence-corrected chi connectivity index (χ0v) is 15.7. The van der Waals surface area contributed by atoms with E-state index in [-0.39, 0.29) is 5.91 Å². The zero-order chi connectivity index (χ0) is 18.4. The van der Waals surface area contributed by atoms with Crippen molar-refractivity contribution < 1.29 is 14.3 Å². The number of methoxy groups -OCH3 is 1. The minimum atomic E-state index is -0.481. The third-order valence-electron chi connectivity index (χ3n) is 4.36. The molecule has 0 aliphatic rings. The molecule has 1 amide bonds. The van der Waals surface area contributed by atoms with E-state index in [1.165, 1.54) is 5.56 Å². The van der Waals surface area contributed by atoms with Crippen LogP contribution in [-0.2, 0) is 11.3 Å². The molecule has 2 aromatic carbocycles. The lowest BCUT2D eigenvalue weighted by Gasteiger charge is -2.24. The highest BCUT2D eigenvalue weighted by Crippen LogP contribution is 2.20. The highest BCUT2D eigenvalue weighted by molar-refractivity contribution is 5.81. The largest absolute Gasteiger partial charge is 0.497 e. The van der Waals surface area contributed by atoms with Gasteiger partial charge in [-0.15, -0.1) is 0 Å². The minimum absolute atomic E-state index is 0.0171. The number of amides is 1. The van der Waals surface area contributed by atoms with E-state index in [0.717, 1.165) is 22.6 Å². The molecule has 0 aromatic heterocycles. The van der Waals surface area contributed by atoms with E-state index >= 15 is 0 Å². The Morgan fingerprint density at radius 3 is 2.24 bits per heavy atom. The van der Waals surface area contributed by atoms with E-state index < -0.39 is 6.10 Å². The number of hydrogen-bond donors (Lipinski definition) is 0. The van der Waals surface area contributed by atoms with Crippen molar-refractivity contribution in [3.05, 3.63) is 59.2 Å². The van der Waals surface area contributed by atoms with Crippen molar-refractivity contribution >= 4 is 5.91 Å². The average molecular weight is 341 g/mol. The van der Waals surface area contributed by atoms with Gasteiger partial charge >= 0.3 is 0 Å². The van der Waals surface area contributed by atoms with Crippen LogP contribution in [0.3, 0.4) is 0 Å². The van der Waals surface area contributed by atoms with Gasteiger partial charge in [-0.2, -0.15) is 0 Å². The topological polar surface area (TPSA) is 38.8 Å². The zero-order valence-electron chi connectivity index (χ0n) is 15.7. The van der Waals surface area contributed by atoms with Crippen molar-refractivity contribution in [3.63, 3.8) is 0 Å². The van der Waals surface area contributed by atoms with Crippen molar-refractivity contribution in [2.24, 2.45) is 0 Å². The molecule has 0 fully saturated rings. The number of rotatable bonds is 7. The Hall–Kier alpha value is -2.49. The number of carbonyl (C=O) groups is 1. The maximum Gasteiger partial charge on any atom is 0.263 e. The number of benzene rings is 2. The maximum atomic E-state index is 12.7. The van der Waals surface area contributed by atoms with Crippen LogP contribution >= 0.6 is 0 Å². The lowest BCUT2D eigenvalue weighted by Crippen LogP contribution is -2.39. The van der Waals surface area contributed by atoms with Crippen LogP contribution < -0.4 is 9.47 Å². The molecule has 4 heteroatoms. The first kappa shape index (κ1) is 18.8. The van der Waals surface area contributed by atoms with Crippen molar-refractivity contribution in [3.8, 4) is 11.5 Å². The Labute approximate surface area is 150 Å². The first-order valence-electron chi connectivity index (χ1n) is 8.56. The molecule has 0 aliphatic carbocycles. The van der Waals surface area contributed by atoms with Gasteiger partial charge in [0.2, 0.25) is 0 Å². The van der Waals surface area contributed by atoms with Gasteiger partial charge in [-0.3, -0.25) is 4.79 Å². The van der Waals surface area contributed by atoms with E-state index in [4.69, 9.17) is 9.47 Å². The summed E-state index contributed by atoms with van der Waals surface area (Å²) >= 11 is 0. The third kappa shape index (κ3) is 4.99. The van der Waals surface area contributed by atoms with E-state index in [1.54, 1.807) is 19.1 Å². The third-order valence-corrected chi connectivity index (χ3v) is 4.36. The monoisotopic (exact) mass is 341 g/mol. The Kier molecular flexibility index (Phi) is 6.45. The van der Waals surface area contributed by atoms with E-state index in [1.807, 2.05) is 56.3 Å². The first-order chi connectivity index (χ1) is 11.9. The predicted octanol–water partition coefficient (Wildman–Crippen LogP) is 4.13. The summed E-state index contributed by atoms with van der Waals surface area (Å²) in [6.07, 6.45) is 0.143. The van der Waals surface area contributed by atoms with Gasteiger partial charge in [0.15, 0.2) is 6.10 Å². The van der Waals surface area contributed by atoms with Crippen molar-refractivity contribution in [2.45, 2.75) is 39.8 Å². The number of carbonyl (C=O) groups excluding carboxylic acids is 1. The number of ether oxygens (including phenoxy) is 2. The molecule has 0 aliphatic heterocycles. The molecule has 0 spiro atoms. The normalized spacial score (nSPS) is 11.7. The fourth-order valence-corrected chi connectivity index (χ4v) is 2.59. The molecule has 134 valence electrons. The quantitative estimate of drug-likeness (QED) is 0.760. The number of aryl methyl sites for hydroxylation is 2. The maximum absolute atomic E-state index is 12.7. The van der Waals surface area contributed by atoms with Gasteiger partial charge in [-0.25, -0.2) is 0 Å². The number of nitrogens with zero attached hydrogens (tertiary/aromatic N) is 1. The molecule has 0 saturated carbocycles. The molecule has 1 atom stereocenters. The van der Waals surface area contributed by atoms with Gasteiger partial charge in [-0.1, -0.05) is 25.1 Å². The molecule has 0 heterocycles. The van der Waals surface area contributed by atoms with Gasteiger partial charge in [0.05, 0.1) is 7.11 Å². The first-order valence-corrected chi connectivity index (χ1v) is 8.56. The fraction of sp³-hybridized carbons (Fsp3) is 0.381. The molecule has 2 rings (SSSR count). The second kappa shape index (κ2) is 8.56. The fourth-order valence-electron chi connectivity index (χ4n) is 2.59. The highest BCUT2D eigenvalue weighted by Gasteiger charge is 2.22. The van der Waals surface area contributed by atoms with Crippen LogP contribution in [0.1, 0.15) is 30.0 Å². The SMILES string of the molecule is CCC(Oc1ccc(C)c(C)c1)C(=O)N(C)Cc1ccc(OC)cc1. The lowest BCUT2D eigenvalue weighted by atomic mass is 10.1. The summed E-state index contributed by atoms with van der Waals surface area (Å²) in [7, 11) is 3.44. The van der Waals surface area contributed by atoms with E-state index in [2.05, 4.69) is 6.92 Å². The lowest BCUT2D eigenvalue weighted by molar-refractivity contribution is -0.138. The number of hydrogen-bond acceptors (Lipinski definition) is 3.